The number of aromatic nitrogens is 2. The van der Waals surface area contributed by atoms with Gasteiger partial charge < -0.3 is 9.05 Å². The molecular weight excluding hydrogens is 307 g/mol. The number of hydrogen-bond donors (Lipinski definition) is 1. The SMILES string of the molecule is CCOP(=O)(CC/C=C/Cn1cc(C)c(=O)[nH]c1=O)OCC. The summed E-state index contributed by atoms with van der Waals surface area (Å²) < 4.78 is 24.0. The second-order valence-electron chi connectivity index (χ2n) is 4.65. The normalized spacial score (nSPS) is 12.1. The lowest BCUT2D eigenvalue weighted by atomic mass is 10.3. The van der Waals surface area contributed by atoms with E-state index in [0.717, 1.165) is 0 Å². The fourth-order valence-electron chi connectivity index (χ4n) is 1.85. The van der Waals surface area contributed by atoms with E-state index in [1.807, 2.05) is 6.08 Å². The van der Waals surface area contributed by atoms with E-state index >= 15 is 0 Å². The largest absolute Gasteiger partial charge is 0.330 e. The van der Waals surface area contributed by atoms with E-state index in [-0.39, 0.29) is 5.56 Å². The number of rotatable bonds is 9. The number of H-pyrrole nitrogens is 1. The molecule has 1 heterocycles. The van der Waals surface area contributed by atoms with Gasteiger partial charge in [-0.15, -0.1) is 0 Å². The molecule has 0 fully saturated rings. The topological polar surface area (TPSA) is 90.4 Å². The highest BCUT2D eigenvalue weighted by Crippen LogP contribution is 2.48. The quantitative estimate of drug-likeness (QED) is 0.553. The number of hydrogen-bond acceptors (Lipinski definition) is 5. The van der Waals surface area contributed by atoms with Crippen molar-refractivity contribution >= 4 is 7.60 Å². The molecule has 0 amide bonds. The van der Waals surface area contributed by atoms with Crippen molar-refractivity contribution < 1.29 is 13.6 Å². The molecule has 22 heavy (non-hydrogen) atoms. The fourth-order valence-corrected chi connectivity index (χ4v) is 3.44. The Morgan fingerprint density at radius 2 is 1.86 bits per heavy atom. The van der Waals surface area contributed by atoms with Gasteiger partial charge in [-0.2, -0.15) is 0 Å². The molecule has 0 atom stereocenters. The van der Waals surface area contributed by atoms with Crippen molar-refractivity contribution in [3.8, 4) is 0 Å². The van der Waals surface area contributed by atoms with Gasteiger partial charge in [-0.1, -0.05) is 12.2 Å². The maximum Gasteiger partial charge on any atom is 0.330 e. The summed E-state index contributed by atoms with van der Waals surface area (Å²) in [4.78, 5) is 25.1. The van der Waals surface area contributed by atoms with E-state index in [1.54, 1.807) is 26.8 Å². The monoisotopic (exact) mass is 330 g/mol. The van der Waals surface area contributed by atoms with Crippen LogP contribution in [0.25, 0.3) is 0 Å². The van der Waals surface area contributed by atoms with Gasteiger partial charge in [-0.05, 0) is 27.2 Å². The Hall–Kier alpha value is -1.43. The Bertz CT molecular complexity index is 652. The highest BCUT2D eigenvalue weighted by Gasteiger charge is 2.21. The van der Waals surface area contributed by atoms with Crippen molar-refractivity contribution in [1.29, 1.82) is 0 Å². The average Bonchev–Trinajstić information content (AvgIpc) is 2.44. The van der Waals surface area contributed by atoms with Crippen molar-refractivity contribution in [2.24, 2.45) is 0 Å². The van der Waals surface area contributed by atoms with E-state index in [2.05, 4.69) is 4.98 Å². The Morgan fingerprint density at radius 3 is 2.45 bits per heavy atom. The summed E-state index contributed by atoms with van der Waals surface area (Å²) in [5.74, 6) is 0. The molecule has 0 spiro atoms. The van der Waals surface area contributed by atoms with Crippen LogP contribution >= 0.6 is 7.60 Å². The summed E-state index contributed by atoms with van der Waals surface area (Å²) in [5, 5.41) is 0. The van der Waals surface area contributed by atoms with Gasteiger partial charge in [0.25, 0.3) is 5.56 Å². The van der Waals surface area contributed by atoms with E-state index < -0.39 is 13.3 Å². The van der Waals surface area contributed by atoms with Gasteiger partial charge in [-0.25, -0.2) is 4.79 Å². The molecule has 0 saturated heterocycles. The van der Waals surface area contributed by atoms with E-state index in [0.29, 0.717) is 37.9 Å². The van der Waals surface area contributed by atoms with Crippen LogP contribution < -0.4 is 11.2 Å². The first-order valence-corrected chi connectivity index (χ1v) is 8.98. The minimum absolute atomic E-state index is 0.296. The maximum absolute atomic E-state index is 12.2. The third-order valence-corrected chi connectivity index (χ3v) is 4.99. The van der Waals surface area contributed by atoms with Gasteiger partial charge in [-0.3, -0.25) is 18.9 Å². The summed E-state index contributed by atoms with van der Waals surface area (Å²) in [5.41, 5.74) is -0.348. The minimum Gasteiger partial charge on any atom is -0.309 e. The van der Waals surface area contributed by atoms with Gasteiger partial charge in [0.15, 0.2) is 0 Å². The van der Waals surface area contributed by atoms with Gasteiger partial charge in [0.05, 0.1) is 19.4 Å². The van der Waals surface area contributed by atoms with Crippen LogP contribution in [0.2, 0.25) is 0 Å². The molecule has 124 valence electrons. The molecule has 1 aromatic heterocycles. The molecule has 1 rings (SSSR count). The summed E-state index contributed by atoms with van der Waals surface area (Å²) in [6, 6.07) is 0. The van der Waals surface area contributed by atoms with Crippen molar-refractivity contribution in [1.82, 2.24) is 9.55 Å². The molecule has 1 N–H and O–H groups in total. The predicted molar refractivity (Wildman–Crippen MR) is 85.5 cm³/mol. The Kier molecular flexibility index (Phi) is 7.51. The molecule has 7 nitrogen and oxygen atoms in total. The Morgan fingerprint density at radius 1 is 1.23 bits per heavy atom. The van der Waals surface area contributed by atoms with Crippen LogP contribution in [0.1, 0.15) is 25.8 Å². The van der Waals surface area contributed by atoms with E-state index in [9.17, 15) is 14.2 Å². The molecule has 8 heteroatoms. The molecule has 0 aliphatic carbocycles. The van der Waals surface area contributed by atoms with Crippen molar-refractivity contribution in [2.45, 2.75) is 33.7 Å². The minimum atomic E-state index is -3.02. The molecule has 0 unspecified atom stereocenters. The highest BCUT2D eigenvalue weighted by molar-refractivity contribution is 7.53. The lowest BCUT2D eigenvalue weighted by Gasteiger charge is -2.15. The smallest absolute Gasteiger partial charge is 0.309 e. The first-order valence-electron chi connectivity index (χ1n) is 7.25. The predicted octanol–water partition coefficient (Wildman–Crippen LogP) is 2.06. The Labute approximate surface area is 129 Å². The highest BCUT2D eigenvalue weighted by atomic mass is 31.2. The molecule has 1 aromatic rings. The van der Waals surface area contributed by atoms with Gasteiger partial charge in [0.2, 0.25) is 0 Å². The third kappa shape index (κ3) is 5.75. The fraction of sp³-hybridized carbons (Fsp3) is 0.571. The van der Waals surface area contributed by atoms with Crippen LogP contribution in [0.3, 0.4) is 0 Å². The summed E-state index contributed by atoms with van der Waals surface area (Å²) in [6.45, 7) is 6.20. The number of aromatic amines is 1. The van der Waals surface area contributed by atoms with Crippen LogP contribution in [0.5, 0.6) is 0 Å². The van der Waals surface area contributed by atoms with Crippen molar-refractivity contribution in [2.75, 3.05) is 19.4 Å². The number of nitrogens with one attached hydrogen (secondary N) is 1. The first-order chi connectivity index (χ1) is 10.4. The summed E-state index contributed by atoms with van der Waals surface area (Å²) in [6.07, 6.45) is 5.93. The molecule has 0 saturated carbocycles. The second-order valence-corrected chi connectivity index (χ2v) is 6.84. The van der Waals surface area contributed by atoms with Crippen LogP contribution in [0.15, 0.2) is 27.9 Å². The van der Waals surface area contributed by atoms with E-state index in [1.165, 1.54) is 10.8 Å². The molecular formula is C14H23N2O5P. The summed E-state index contributed by atoms with van der Waals surface area (Å²) in [7, 11) is -3.02. The third-order valence-electron chi connectivity index (χ3n) is 2.88. The zero-order valence-corrected chi connectivity index (χ0v) is 14.1. The number of nitrogens with zero attached hydrogens (tertiary/aromatic N) is 1. The lowest BCUT2D eigenvalue weighted by molar-refractivity contribution is 0.220. The molecule has 0 radical (unpaired) electrons. The zero-order chi connectivity index (χ0) is 16.6. The molecule has 0 bridgehead atoms. The molecule has 0 aliphatic heterocycles. The van der Waals surface area contributed by atoms with Gasteiger partial charge in [0.1, 0.15) is 0 Å². The summed E-state index contributed by atoms with van der Waals surface area (Å²) >= 11 is 0. The number of aryl methyl sites for hydroxylation is 1. The Balaban J connectivity index is 2.57. The zero-order valence-electron chi connectivity index (χ0n) is 13.2. The second kappa shape index (κ2) is 8.88. The first kappa shape index (κ1) is 18.6. The maximum atomic E-state index is 12.2. The van der Waals surface area contributed by atoms with E-state index in [4.69, 9.17) is 9.05 Å². The number of allylic oxidation sites excluding steroid dienone is 2. The lowest BCUT2D eigenvalue weighted by Crippen LogP contribution is -2.30. The average molecular weight is 330 g/mol. The van der Waals surface area contributed by atoms with Crippen LogP contribution in [-0.4, -0.2) is 28.9 Å². The standard InChI is InChI=1S/C14H23N2O5P/c1-4-20-22(19,21-5-2)10-8-6-7-9-16-11-12(3)13(17)15-14(16)18/h6-7,11H,4-5,8-10H2,1-3H3,(H,15,17,18)/b7-6+. The van der Waals surface area contributed by atoms with Crippen LogP contribution in [-0.2, 0) is 20.2 Å². The molecule has 0 aliphatic rings. The van der Waals surface area contributed by atoms with Crippen LogP contribution in [0, 0.1) is 6.92 Å². The van der Waals surface area contributed by atoms with Gasteiger partial charge in [0, 0.05) is 18.3 Å². The molecule has 0 aromatic carbocycles. The van der Waals surface area contributed by atoms with Crippen molar-refractivity contribution in [3.63, 3.8) is 0 Å². The van der Waals surface area contributed by atoms with Crippen LogP contribution in [0.4, 0.5) is 0 Å². The van der Waals surface area contributed by atoms with Gasteiger partial charge >= 0.3 is 13.3 Å². The van der Waals surface area contributed by atoms with Crippen molar-refractivity contribution in [3.05, 3.63) is 44.8 Å².